The fourth-order valence-corrected chi connectivity index (χ4v) is 1.83. The van der Waals surface area contributed by atoms with Gasteiger partial charge in [0.2, 0.25) is 0 Å². The average molecular weight is 250 g/mol. The zero-order valence-corrected chi connectivity index (χ0v) is 10.9. The van der Waals surface area contributed by atoms with Crippen LogP contribution in [0.15, 0.2) is 18.2 Å². The van der Waals surface area contributed by atoms with E-state index in [1.807, 2.05) is 6.07 Å². The van der Waals surface area contributed by atoms with E-state index >= 15 is 0 Å². The third-order valence-corrected chi connectivity index (χ3v) is 2.81. The van der Waals surface area contributed by atoms with Crippen molar-refractivity contribution >= 4 is 0 Å². The molecule has 0 unspecified atom stereocenters. The second-order valence-electron chi connectivity index (χ2n) is 4.60. The minimum Gasteiger partial charge on any atom is -0.396 e. The molecule has 0 saturated carbocycles. The van der Waals surface area contributed by atoms with E-state index in [0.717, 1.165) is 12.1 Å². The predicted octanol–water partition coefficient (Wildman–Crippen LogP) is 2.29. The molecule has 1 aromatic rings. The molecule has 0 aliphatic heterocycles. The Morgan fingerprint density at radius 1 is 1.39 bits per heavy atom. The Morgan fingerprint density at radius 3 is 2.67 bits per heavy atom. The van der Waals surface area contributed by atoms with E-state index in [-0.39, 0.29) is 12.4 Å². The molecule has 0 spiro atoms. The summed E-state index contributed by atoms with van der Waals surface area (Å²) in [6.07, 6.45) is 0.693. The van der Waals surface area contributed by atoms with Gasteiger partial charge in [0.05, 0.1) is 11.6 Å². The molecular weight excluding hydrogens is 231 g/mol. The fourth-order valence-electron chi connectivity index (χ4n) is 1.83. The van der Waals surface area contributed by atoms with Gasteiger partial charge >= 0.3 is 0 Å². The highest BCUT2D eigenvalue weighted by atomic mass is 19.1. The van der Waals surface area contributed by atoms with Crippen molar-refractivity contribution in [2.24, 2.45) is 0 Å². The summed E-state index contributed by atoms with van der Waals surface area (Å²) in [7, 11) is 0. The van der Waals surface area contributed by atoms with Crippen molar-refractivity contribution in [3.63, 3.8) is 0 Å². The zero-order valence-electron chi connectivity index (χ0n) is 10.9. The summed E-state index contributed by atoms with van der Waals surface area (Å²) in [5.41, 5.74) is 1.13. The largest absolute Gasteiger partial charge is 0.396 e. The quantitative estimate of drug-likeness (QED) is 0.842. The molecule has 1 rings (SSSR count). The minimum atomic E-state index is -0.380. The molecule has 0 heterocycles. The van der Waals surface area contributed by atoms with Crippen LogP contribution < -0.4 is 0 Å². The second-order valence-corrected chi connectivity index (χ2v) is 4.60. The van der Waals surface area contributed by atoms with Crippen LogP contribution in [0.3, 0.4) is 0 Å². The lowest BCUT2D eigenvalue weighted by atomic mass is 10.1. The Balaban J connectivity index is 2.80. The molecule has 4 heteroatoms. The third-order valence-electron chi connectivity index (χ3n) is 2.81. The van der Waals surface area contributed by atoms with Gasteiger partial charge in [-0.3, -0.25) is 4.90 Å². The summed E-state index contributed by atoms with van der Waals surface area (Å²) >= 11 is 0. The van der Waals surface area contributed by atoms with E-state index in [2.05, 4.69) is 18.7 Å². The summed E-state index contributed by atoms with van der Waals surface area (Å²) in [6, 6.07) is 6.66. The molecule has 0 amide bonds. The normalized spacial score (nSPS) is 10.9. The maximum atomic E-state index is 13.3. The van der Waals surface area contributed by atoms with Crippen molar-refractivity contribution in [1.29, 1.82) is 5.26 Å². The Bertz CT molecular complexity index is 426. The highest BCUT2D eigenvalue weighted by molar-refractivity contribution is 5.33. The molecule has 0 fully saturated rings. The van der Waals surface area contributed by atoms with Crippen LogP contribution in [0.1, 0.15) is 31.4 Å². The van der Waals surface area contributed by atoms with Crippen molar-refractivity contribution in [1.82, 2.24) is 4.90 Å². The highest BCUT2D eigenvalue weighted by Gasteiger charge is 2.11. The number of nitrogens with zero attached hydrogens (tertiary/aromatic N) is 2. The van der Waals surface area contributed by atoms with Crippen LogP contribution >= 0.6 is 0 Å². The minimum absolute atomic E-state index is 0.149. The number of halogens is 1. The summed E-state index contributed by atoms with van der Waals surface area (Å²) in [4.78, 5) is 2.14. The first-order valence-corrected chi connectivity index (χ1v) is 6.11. The smallest absolute Gasteiger partial charge is 0.124 e. The van der Waals surface area contributed by atoms with E-state index in [1.54, 1.807) is 6.07 Å². The van der Waals surface area contributed by atoms with Gasteiger partial charge in [0.15, 0.2) is 0 Å². The first-order valence-electron chi connectivity index (χ1n) is 6.11. The lowest BCUT2D eigenvalue weighted by Crippen LogP contribution is -2.31. The lowest BCUT2D eigenvalue weighted by Gasteiger charge is -2.26. The fraction of sp³-hybridized carbons (Fsp3) is 0.500. The van der Waals surface area contributed by atoms with Gasteiger partial charge < -0.3 is 5.11 Å². The Hall–Kier alpha value is -1.44. The number of hydrogen-bond donors (Lipinski definition) is 1. The van der Waals surface area contributed by atoms with E-state index < -0.39 is 0 Å². The van der Waals surface area contributed by atoms with Crippen LogP contribution in [-0.4, -0.2) is 29.2 Å². The van der Waals surface area contributed by atoms with Gasteiger partial charge in [-0.05, 0) is 44.0 Å². The van der Waals surface area contributed by atoms with Crippen molar-refractivity contribution < 1.29 is 9.50 Å². The molecular formula is C14H19FN2O. The number of hydrogen-bond acceptors (Lipinski definition) is 3. The molecule has 1 N–H and O–H groups in total. The van der Waals surface area contributed by atoms with Gasteiger partial charge in [-0.15, -0.1) is 0 Å². The molecule has 0 saturated heterocycles. The maximum absolute atomic E-state index is 13.3. The molecule has 18 heavy (non-hydrogen) atoms. The molecule has 0 atom stereocenters. The summed E-state index contributed by atoms with van der Waals surface area (Å²) in [6.45, 7) is 5.61. The average Bonchev–Trinajstić information content (AvgIpc) is 2.33. The van der Waals surface area contributed by atoms with Gasteiger partial charge in [0, 0.05) is 25.7 Å². The SMILES string of the molecule is CC(C)N(CCCO)Cc1cc(F)cc(C#N)c1. The first-order chi connectivity index (χ1) is 8.56. The molecule has 3 nitrogen and oxygen atoms in total. The number of aliphatic hydroxyl groups excluding tert-OH is 1. The summed E-state index contributed by atoms with van der Waals surface area (Å²) in [5, 5.41) is 17.7. The van der Waals surface area contributed by atoms with Crippen LogP contribution in [0.5, 0.6) is 0 Å². The van der Waals surface area contributed by atoms with Gasteiger partial charge in [0.1, 0.15) is 5.82 Å². The standard InChI is InChI=1S/C14H19FN2O/c1-11(2)17(4-3-5-18)10-13-6-12(9-16)7-14(15)8-13/h6-8,11,18H,3-5,10H2,1-2H3. The van der Waals surface area contributed by atoms with Crippen molar-refractivity contribution in [2.75, 3.05) is 13.2 Å². The van der Waals surface area contributed by atoms with Gasteiger partial charge in [-0.1, -0.05) is 0 Å². The number of benzene rings is 1. The molecule has 0 radical (unpaired) electrons. The molecule has 0 aromatic heterocycles. The van der Waals surface area contributed by atoms with Crippen LogP contribution in [0, 0.1) is 17.1 Å². The Labute approximate surface area is 107 Å². The number of rotatable bonds is 6. The van der Waals surface area contributed by atoms with Crippen molar-refractivity contribution in [3.8, 4) is 6.07 Å². The topological polar surface area (TPSA) is 47.3 Å². The van der Waals surface area contributed by atoms with Gasteiger partial charge in [0.25, 0.3) is 0 Å². The zero-order chi connectivity index (χ0) is 13.5. The van der Waals surface area contributed by atoms with Crippen molar-refractivity contribution in [3.05, 3.63) is 35.1 Å². The molecule has 1 aromatic carbocycles. The third kappa shape index (κ3) is 4.44. The first kappa shape index (κ1) is 14.6. The van der Waals surface area contributed by atoms with E-state index in [4.69, 9.17) is 10.4 Å². The van der Waals surface area contributed by atoms with E-state index in [9.17, 15) is 4.39 Å². The Morgan fingerprint density at radius 2 is 2.11 bits per heavy atom. The monoisotopic (exact) mass is 250 g/mol. The maximum Gasteiger partial charge on any atom is 0.124 e. The molecule has 0 aliphatic rings. The van der Waals surface area contributed by atoms with E-state index in [1.165, 1.54) is 12.1 Å². The van der Waals surface area contributed by atoms with Gasteiger partial charge in [-0.25, -0.2) is 4.39 Å². The number of nitriles is 1. The summed E-state index contributed by atoms with van der Waals surface area (Å²) < 4.78 is 13.3. The lowest BCUT2D eigenvalue weighted by molar-refractivity contribution is 0.184. The summed E-state index contributed by atoms with van der Waals surface area (Å²) in [5.74, 6) is -0.380. The highest BCUT2D eigenvalue weighted by Crippen LogP contribution is 2.13. The van der Waals surface area contributed by atoms with E-state index in [0.29, 0.717) is 24.6 Å². The van der Waals surface area contributed by atoms with Crippen LogP contribution in [0.4, 0.5) is 4.39 Å². The second kappa shape index (κ2) is 7.10. The molecule has 0 aliphatic carbocycles. The Kier molecular flexibility index (Phi) is 5.76. The predicted molar refractivity (Wildman–Crippen MR) is 68.4 cm³/mol. The van der Waals surface area contributed by atoms with Crippen LogP contribution in [0.2, 0.25) is 0 Å². The van der Waals surface area contributed by atoms with Crippen molar-refractivity contribution in [2.45, 2.75) is 32.9 Å². The van der Waals surface area contributed by atoms with Gasteiger partial charge in [-0.2, -0.15) is 5.26 Å². The molecule has 98 valence electrons. The van der Waals surface area contributed by atoms with Crippen LogP contribution in [0.25, 0.3) is 0 Å². The number of aliphatic hydroxyl groups is 1. The van der Waals surface area contributed by atoms with Crippen LogP contribution in [-0.2, 0) is 6.54 Å². The molecule has 0 bridgehead atoms.